The van der Waals surface area contributed by atoms with Crippen LogP contribution in [0.15, 0.2) is 35.1 Å². The van der Waals surface area contributed by atoms with E-state index < -0.39 is 0 Å². The smallest absolute Gasteiger partial charge is 0.279 e. The fourth-order valence-corrected chi connectivity index (χ4v) is 1.20. The van der Waals surface area contributed by atoms with Crippen molar-refractivity contribution in [1.82, 2.24) is 14.8 Å². The van der Waals surface area contributed by atoms with Gasteiger partial charge in [-0.2, -0.15) is 4.68 Å². The molecule has 66 valence electrons. The highest BCUT2D eigenvalue weighted by Gasteiger charge is 2.03. The minimum Gasteiger partial charge on any atom is -0.279 e. The van der Waals surface area contributed by atoms with Gasteiger partial charge in [0.15, 0.2) is 0 Å². The van der Waals surface area contributed by atoms with Gasteiger partial charge < -0.3 is 0 Å². The number of nitrogens with zero attached hydrogens (tertiary/aromatic N) is 2. The lowest BCUT2D eigenvalue weighted by atomic mass is 10.3. The molecule has 0 radical (unpaired) electrons. The molecule has 0 spiro atoms. The van der Waals surface area contributed by atoms with Crippen molar-refractivity contribution in [1.29, 1.82) is 0 Å². The highest BCUT2D eigenvalue weighted by molar-refractivity contribution is 6.28. The van der Waals surface area contributed by atoms with E-state index >= 15 is 0 Å². The fourth-order valence-electron chi connectivity index (χ4n) is 1.04. The second kappa shape index (κ2) is 3.06. The Bertz CT molecular complexity index is 460. The first-order valence-electron chi connectivity index (χ1n) is 3.67. The molecular formula is C8H6ClN3O. The molecule has 0 amide bonds. The summed E-state index contributed by atoms with van der Waals surface area (Å²) in [6.07, 6.45) is 0. The van der Waals surface area contributed by atoms with Crippen molar-refractivity contribution in [3.8, 4) is 5.69 Å². The van der Waals surface area contributed by atoms with Crippen LogP contribution in [0.25, 0.3) is 5.69 Å². The number of halogens is 1. The molecule has 4 nitrogen and oxygen atoms in total. The first-order valence-corrected chi connectivity index (χ1v) is 4.05. The number of H-pyrrole nitrogens is 1. The molecule has 0 saturated carbocycles. The molecule has 1 aromatic carbocycles. The molecule has 0 aliphatic heterocycles. The monoisotopic (exact) mass is 195 g/mol. The summed E-state index contributed by atoms with van der Waals surface area (Å²) in [5.74, 6) is 0. The molecule has 0 bridgehead atoms. The Morgan fingerprint density at radius 2 is 2.00 bits per heavy atom. The molecule has 0 saturated heterocycles. The van der Waals surface area contributed by atoms with Crippen molar-refractivity contribution in [3.63, 3.8) is 0 Å². The van der Waals surface area contributed by atoms with Gasteiger partial charge in [-0.1, -0.05) is 18.2 Å². The van der Waals surface area contributed by atoms with Crippen molar-refractivity contribution in [3.05, 3.63) is 46.1 Å². The molecule has 0 unspecified atom stereocenters. The van der Waals surface area contributed by atoms with E-state index in [0.29, 0.717) is 5.69 Å². The summed E-state index contributed by atoms with van der Waals surface area (Å²) in [7, 11) is 0. The Labute approximate surface area is 78.8 Å². The van der Waals surface area contributed by atoms with E-state index in [1.807, 2.05) is 18.2 Å². The first-order chi connectivity index (χ1) is 6.27. The van der Waals surface area contributed by atoms with E-state index in [1.165, 1.54) is 4.68 Å². The first kappa shape index (κ1) is 8.07. The number of hydrogen-bond donors (Lipinski definition) is 1. The Kier molecular flexibility index (Phi) is 1.90. The predicted molar refractivity (Wildman–Crippen MR) is 49.2 cm³/mol. The standard InChI is InChI=1S/C8H6ClN3O/c9-7-10-8(13)12(11-7)6-4-2-1-3-5-6/h1-5H,(H,10,11,13). The van der Waals surface area contributed by atoms with Crippen LogP contribution >= 0.6 is 11.6 Å². The van der Waals surface area contributed by atoms with Gasteiger partial charge in [0.25, 0.3) is 0 Å². The number of rotatable bonds is 1. The third-order valence-corrected chi connectivity index (χ3v) is 1.76. The molecule has 0 fully saturated rings. The van der Waals surface area contributed by atoms with Crippen molar-refractivity contribution in [2.75, 3.05) is 0 Å². The molecule has 0 aliphatic carbocycles. The Hall–Kier alpha value is -1.55. The van der Waals surface area contributed by atoms with Gasteiger partial charge in [-0.25, -0.2) is 4.79 Å². The summed E-state index contributed by atoms with van der Waals surface area (Å²) in [6, 6.07) is 9.06. The number of aromatic nitrogens is 3. The Morgan fingerprint density at radius 1 is 1.31 bits per heavy atom. The van der Waals surface area contributed by atoms with Crippen LogP contribution in [-0.2, 0) is 0 Å². The van der Waals surface area contributed by atoms with E-state index in [4.69, 9.17) is 11.6 Å². The number of aromatic amines is 1. The van der Waals surface area contributed by atoms with E-state index in [1.54, 1.807) is 12.1 Å². The molecule has 0 aliphatic rings. The maximum atomic E-state index is 11.2. The fraction of sp³-hybridized carbons (Fsp3) is 0. The highest BCUT2D eigenvalue weighted by Crippen LogP contribution is 2.03. The van der Waals surface area contributed by atoms with Crippen LogP contribution in [-0.4, -0.2) is 14.8 Å². The zero-order valence-electron chi connectivity index (χ0n) is 6.57. The number of nitrogens with one attached hydrogen (secondary N) is 1. The van der Waals surface area contributed by atoms with Gasteiger partial charge in [0, 0.05) is 0 Å². The van der Waals surface area contributed by atoms with Gasteiger partial charge in [-0.15, -0.1) is 5.10 Å². The zero-order chi connectivity index (χ0) is 9.26. The molecule has 5 heteroatoms. The van der Waals surface area contributed by atoms with Crippen molar-refractivity contribution >= 4 is 11.6 Å². The van der Waals surface area contributed by atoms with Crippen LogP contribution in [0.1, 0.15) is 0 Å². The average Bonchev–Trinajstić information content (AvgIpc) is 2.47. The average molecular weight is 196 g/mol. The zero-order valence-corrected chi connectivity index (χ0v) is 7.32. The van der Waals surface area contributed by atoms with E-state index in [2.05, 4.69) is 10.1 Å². The third-order valence-electron chi connectivity index (χ3n) is 1.59. The molecule has 1 N–H and O–H groups in total. The van der Waals surface area contributed by atoms with Gasteiger partial charge in [0.2, 0.25) is 5.28 Å². The number of benzene rings is 1. The van der Waals surface area contributed by atoms with Crippen LogP contribution in [0.4, 0.5) is 0 Å². The van der Waals surface area contributed by atoms with Crippen molar-refractivity contribution in [2.24, 2.45) is 0 Å². The summed E-state index contributed by atoms with van der Waals surface area (Å²) >= 11 is 5.53. The maximum Gasteiger partial charge on any atom is 0.349 e. The predicted octanol–water partition coefficient (Wildman–Crippen LogP) is 1.21. The third kappa shape index (κ3) is 1.48. The lowest BCUT2D eigenvalue weighted by Crippen LogP contribution is -2.15. The van der Waals surface area contributed by atoms with E-state index in [9.17, 15) is 4.79 Å². The molecule has 2 rings (SSSR count). The van der Waals surface area contributed by atoms with Crippen LogP contribution in [0, 0.1) is 0 Å². The molecule has 1 heterocycles. The molecule has 2 aromatic rings. The van der Waals surface area contributed by atoms with Crippen LogP contribution < -0.4 is 5.69 Å². The Balaban J connectivity index is 2.59. The SMILES string of the molecule is O=c1[nH]c(Cl)nn1-c1ccccc1. The van der Waals surface area contributed by atoms with Crippen LogP contribution in [0.5, 0.6) is 0 Å². The second-order valence-corrected chi connectivity index (χ2v) is 2.83. The van der Waals surface area contributed by atoms with Gasteiger partial charge in [0.1, 0.15) is 0 Å². The molecular weight excluding hydrogens is 190 g/mol. The minimum absolute atomic E-state index is 0.0915. The quantitative estimate of drug-likeness (QED) is 0.744. The normalized spacial score (nSPS) is 10.2. The van der Waals surface area contributed by atoms with Crippen LogP contribution in [0.2, 0.25) is 5.28 Å². The van der Waals surface area contributed by atoms with Gasteiger partial charge in [0.05, 0.1) is 5.69 Å². The highest BCUT2D eigenvalue weighted by atomic mass is 35.5. The van der Waals surface area contributed by atoms with Gasteiger partial charge >= 0.3 is 5.69 Å². The molecule has 0 atom stereocenters. The minimum atomic E-state index is -0.337. The second-order valence-electron chi connectivity index (χ2n) is 2.47. The molecule has 1 aromatic heterocycles. The summed E-state index contributed by atoms with van der Waals surface area (Å²) in [6.45, 7) is 0. The summed E-state index contributed by atoms with van der Waals surface area (Å²) in [4.78, 5) is 13.6. The van der Waals surface area contributed by atoms with E-state index in [-0.39, 0.29) is 11.0 Å². The summed E-state index contributed by atoms with van der Waals surface area (Å²) in [5.41, 5.74) is 0.354. The lowest BCUT2D eigenvalue weighted by molar-refractivity contribution is 0.843. The number of hydrogen-bond acceptors (Lipinski definition) is 2. The Morgan fingerprint density at radius 3 is 2.54 bits per heavy atom. The molecule has 13 heavy (non-hydrogen) atoms. The van der Waals surface area contributed by atoms with E-state index in [0.717, 1.165) is 0 Å². The van der Waals surface area contributed by atoms with Crippen molar-refractivity contribution < 1.29 is 0 Å². The largest absolute Gasteiger partial charge is 0.349 e. The summed E-state index contributed by atoms with van der Waals surface area (Å²) < 4.78 is 1.21. The maximum absolute atomic E-state index is 11.2. The topological polar surface area (TPSA) is 50.7 Å². The van der Waals surface area contributed by atoms with Crippen molar-refractivity contribution in [2.45, 2.75) is 0 Å². The van der Waals surface area contributed by atoms with Gasteiger partial charge in [-0.3, -0.25) is 4.98 Å². The van der Waals surface area contributed by atoms with Gasteiger partial charge in [-0.05, 0) is 23.7 Å². The number of para-hydroxylation sites is 1. The summed E-state index contributed by atoms with van der Waals surface area (Å²) in [5, 5.41) is 3.89. The lowest BCUT2D eigenvalue weighted by Gasteiger charge is -1.95. The van der Waals surface area contributed by atoms with Crippen LogP contribution in [0.3, 0.4) is 0 Å².